The number of rotatable bonds is 4. The molecule has 0 bridgehead atoms. The van der Waals surface area contributed by atoms with Gasteiger partial charge < -0.3 is 25.0 Å². The molecule has 0 radical (unpaired) electrons. The number of likely N-dealkylation sites (N-methyl/N-ethyl adjacent to an activating group) is 1. The van der Waals surface area contributed by atoms with Crippen molar-refractivity contribution in [3.8, 4) is 5.75 Å². The molecule has 172 valence electrons. The van der Waals surface area contributed by atoms with E-state index in [-0.39, 0.29) is 36.3 Å². The number of hydrogen-bond acceptors (Lipinski definition) is 5. The summed E-state index contributed by atoms with van der Waals surface area (Å²) in [7, 11) is 3.44. The molecule has 32 heavy (non-hydrogen) atoms. The molecule has 2 amide bonds. The first-order valence-electron chi connectivity index (χ1n) is 11.0. The molecule has 0 saturated carbocycles. The Morgan fingerprint density at radius 1 is 1.22 bits per heavy atom. The minimum absolute atomic E-state index is 0.0796. The summed E-state index contributed by atoms with van der Waals surface area (Å²) in [5.74, 6) is 0.423. The number of carbonyl (C=O) groups excluding carboxylic acids is 2. The van der Waals surface area contributed by atoms with Crippen LogP contribution >= 0.6 is 0 Å². The minimum Gasteiger partial charge on any atom is -0.491 e. The Kier molecular flexibility index (Phi) is 8.25. The molecule has 0 aliphatic carbocycles. The van der Waals surface area contributed by atoms with Crippen molar-refractivity contribution >= 4 is 17.5 Å². The van der Waals surface area contributed by atoms with Crippen molar-refractivity contribution in [1.82, 2.24) is 10.2 Å². The fourth-order valence-electron chi connectivity index (χ4n) is 3.72. The third kappa shape index (κ3) is 6.31. The van der Waals surface area contributed by atoms with E-state index in [0.29, 0.717) is 30.2 Å². The Bertz CT molecular complexity index is 919. The molecule has 2 N–H and O–H groups in total. The zero-order valence-electron chi connectivity index (χ0n) is 19.3. The van der Waals surface area contributed by atoms with Crippen LogP contribution in [0.4, 0.5) is 5.69 Å². The number of nitrogens with zero attached hydrogens (tertiary/aromatic N) is 1. The van der Waals surface area contributed by atoms with E-state index in [0.717, 1.165) is 12.1 Å². The van der Waals surface area contributed by atoms with Gasteiger partial charge in [0.1, 0.15) is 12.4 Å². The SMILES string of the molecule is CO[C@H]1CN(C)C(=O)c2ccc(NC(=O)Cc3ccccc3)cc2OC[C@H](C)NC[C@@H]1C. The number of benzene rings is 2. The number of carbonyl (C=O) groups is 2. The lowest BCUT2D eigenvalue weighted by Gasteiger charge is -2.30. The highest BCUT2D eigenvalue weighted by molar-refractivity contribution is 5.98. The van der Waals surface area contributed by atoms with Gasteiger partial charge in [-0.3, -0.25) is 9.59 Å². The van der Waals surface area contributed by atoms with Crippen molar-refractivity contribution in [2.45, 2.75) is 32.4 Å². The quantitative estimate of drug-likeness (QED) is 0.766. The van der Waals surface area contributed by atoms with E-state index in [1.165, 1.54) is 0 Å². The molecule has 1 heterocycles. The van der Waals surface area contributed by atoms with E-state index < -0.39 is 0 Å². The van der Waals surface area contributed by atoms with E-state index >= 15 is 0 Å². The monoisotopic (exact) mass is 439 g/mol. The van der Waals surface area contributed by atoms with Crippen molar-refractivity contribution in [2.75, 3.05) is 39.2 Å². The first-order valence-corrected chi connectivity index (χ1v) is 11.0. The lowest BCUT2D eigenvalue weighted by Crippen LogP contribution is -2.44. The molecule has 0 spiro atoms. The smallest absolute Gasteiger partial charge is 0.257 e. The maximum Gasteiger partial charge on any atom is 0.257 e. The molecule has 0 unspecified atom stereocenters. The highest BCUT2D eigenvalue weighted by Crippen LogP contribution is 2.26. The van der Waals surface area contributed by atoms with Crippen molar-refractivity contribution in [3.63, 3.8) is 0 Å². The third-order valence-electron chi connectivity index (χ3n) is 5.72. The fourth-order valence-corrected chi connectivity index (χ4v) is 3.72. The predicted octanol–water partition coefficient (Wildman–Crippen LogP) is 2.96. The van der Waals surface area contributed by atoms with Crippen LogP contribution in [0, 0.1) is 5.92 Å². The van der Waals surface area contributed by atoms with Crippen LogP contribution in [-0.2, 0) is 16.0 Å². The van der Waals surface area contributed by atoms with Gasteiger partial charge in [-0.2, -0.15) is 0 Å². The van der Waals surface area contributed by atoms with Crippen molar-refractivity contribution in [1.29, 1.82) is 0 Å². The van der Waals surface area contributed by atoms with Crippen molar-refractivity contribution in [2.24, 2.45) is 5.92 Å². The zero-order chi connectivity index (χ0) is 23.1. The second kappa shape index (κ2) is 11.1. The van der Waals surface area contributed by atoms with Gasteiger partial charge in [-0.05, 0) is 30.5 Å². The van der Waals surface area contributed by atoms with Gasteiger partial charge in [0.2, 0.25) is 5.91 Å². The number of hydrogen-bond donors (Lipinski definition) is 2. The Hall–Kier alpha value is -2.90. The number of fused-ring (bicyclic) bond motifs is 1. The number of methoxy groups -OCH3 is 1. The maximum atomic E-state index is 13.2. The lowest BCUT2D eigenvalue weighted by atomic mass is 10.0. The van der Waals surface area contributed by atoms with Gasteiger partial charge in [-0.25, -0.2) is 0 Å². The Morgan fingerprint density at radius 3 is 2.69 bits per heavy atom. The summed E-state index contributed by atoms with van der Waals surface area (Å²) in [6.07, 6.45) is 0.196. The molecular formula is C25H33N3O4. The van der Waals surface area contributed by atoms with Crippen LogP contribution < -0.4 is 15.4 Å². The van der Waals surface area contributed by atoms with Crippen molar-refractivity contribution < 1.29 is 19.1 Å². The van der Waals surface area contributed by atoms with E-state index in [9.17, 15) is 9.59 Å². The molecule has 1 aliphatic rings. The number of nitrogens with one attached hydrogen (secondary N) is 2. The van der Waals surface area contributed by atoms with Crippen LogP contribution in [0.25, 0.3) is 0 Å². The van der Waals surface area contributed by atoms with Crippen molar-refractivity contribution in [3.05, 3.63) is 59.7 Å². The molecule has 7 heteroatoms. The van der Waals surface area contributed by atoms with Gasteiger partial charge in [0.15, 0.2) is 0 Å². The summed E-state index contributed by atoms with van der Waals surface area (Å²) in [4.78, 5) is 27.3. The van der Waals surface area contributed by atoms with Gasteiger partial charge in [-0.1, -0.05) is 37.3 Å². The summed E-state index contributed by atoms with van der Waals surface area (Å²) in [5, 5.41) is 6.37. The largest absolute Gasteiger partial charge is 0.491 e. The second-order valence-electron chi connectivity index (χ2n) is 8.48. The molecule has 2 aromatic carbocycles. The fraction of sp³-hybridized carbons (Fsp3) is 0.440. The van der Waals surface area contributed by atoms with Crippen LogP contribution in [-0.4, -0.2) is 62.7 Å². The van der Waals surface area contributed by atoms with Gasteiger partial charge in [0.25, 0.3) is 5.91 Å². The molecular weight excluding hydrogens is 406 g/mol. The normalized spacial score (nSPS) is 22.2. The molecule has 1 aliphatic heterocycles. The summed E-state index contributed by atoms with van der Waals surface area (Å²) < 4.78 is 11.7. The zero-order valence-corrected chi connectivity index (χ0v) is 19.3. The maximum absolute atomic E-state index is 13.2. The molecule has 0 fully saturated rings. The average molecular weight is 440 g/mol. The van der Waals surface area contributed by atoms with Crippen LogP contribution in [0.15, 0.2) is 48.5 Å². The molecule has 0 saturated heterocycles. The summed E-state index contributed by atoms with van der Waals surface area (Å²) in [6, 6.07) is 14.8. The first kappa shape index (κ1) is 23.8. The van der Waals surface area contributed by atoms with Gasteiger partial charge in [0.05, 0.1) is 18.1 Å². The Balaban J connectivity index is 1.81. The minimum atomic E-state index is -0.141. The van der Waals surface area contributed by atoms with Crippen LogP contribution in [0.5, 0.6) is 5.75 Å². The Labute approximate surface area is 190 Å². The molecule has 2 aromatic rings. The van der Waals surface area contributed by atoms with Gasteiger partial charge in [-0.15, -0.1) is 0 Å². The average Bonchev–Trinajstić information content (AvgIpc) is 2.79. The van der Waals surface area contributed by atoms with E-state index in [1.807, 2.05) is 37.3 Å². The second-order valence-corrected chi connectivity index (χ2v) is 8.48. The topological polar surface area (TPSA) is 79.9 Å². The standard InChI is InChI=1S/C25H33N3O4/c1-17-14-26-18(2)16-32-22-13-20(27-24(29)12-19-8-6-5-7-9-19)10-11-21(22)25(30)28(3)15-23(17)31-4/h5-11,13,17-18,23,26H,12,14-16H2,1-4H3,(H,27,29)/t17-,18-,23-/m0/s1. The third-order valence-corrected chi connectivity index (χ3v) is 5.72. The van der Waals surface area contributed by atoms with Crippen LogP contribution in [0.3, 0.4) is 0 Å². The first-order chi connectivity index (χ1) is 15.4. The van der Waals surface area contributed by atoms with Crippen LogP contribution in [0.2, 0.25) is 0 Å². The van der Waals surface area contributed by atoms with E-state index in [4.69, 9.17) is 9.47 Å². The molecule has 3 rings (SSSR count). The number of amides is 2. The van der Waals surface area contributed by atoms with E-state index in [1.54, 1.807) is 37.3 Å². The number of ether oxygens (including phenoxy) is 2. The van der Waals surface area contributed by atoms with Crippen LogP contribution in [0.1, 0.15) is 29.8 Å². The summed E-state index contributed by atoms with van der Waals surface area (Å²) >= 11 is 0. The summed E-state index contributed by atoms with van der Waals surface area (Å²) in [5.41, 5.74) is 1.99. The van der Waals surface area contributed by atoms with Gasteiger partial charge >= 0.3 is 0 Å². The van der Waals surface area contributed by atoms with Gasteiger partial charge in [0, 0.05) is 45.0 Å². The lowest BCUT2D eigenvalue weighted by molar-refractivity contribution is -0.115. The summed E-state index contributed by atoms with van der Waals surface area (Å²) in [6.45, 7) is 5.78. The molecule has 0 aromatic heterocycles. The highest BCUT2D eigenvalue weighted by atomic mass is 16.5. The Morgan fingerprint density at radius 2 is 1.97 bits per heavy atom. The number of anilines is 1. The molecule has 7 nitrogen and oxygen atoms in total. The van der Waals surface area contributed by atoms with E-state index in [2.05, 4.69) is 17.6 Å². The predicted molar refractivity (Wildman–Crippen MR) is 125 cm³/mol. The molecule has 3 atom stereocenters. The highest BCUT2D eigenvalue weighted by Gasteiger charge is 2.25.